The van der Waals surface area contributed by atoms with E-state index in [1.807, 2.05) is 25.9 Å². The third kappa shape index (κ3) is 3.27. The highest BCUT2D eigenvalue weighted by molar-refractivity contribution is 7.93. The van der Waals surface area contributed by atoms with Crippen LogP contribution in [0.25, 0.3) is 4.83 Å². The number of hydrogen-bond acceptors (Lipinski definition) is 3. The van der Waals surface area contributed by atoms with E-state index in [-0.39, 0.29) is 4.90 Å². The number of nitrogens with zero attached hydrogens (tertiary/aromatic N) is 3. The molecule has 0 bridgehead atoms. The van der Waals surface area contributed by atoms with Crippen molar-refractivity contribution >= 4 is 15.7 Å². The van der Waals surface area contributed by atoms with Crippen LogP contribution < -0.4 is 9.58 Å². The van der Waals surface area contributed by atoms with Gasteiger partial charge in [0.05, 0.1) is 4.90 Å². The van der Waals surface area contributed by atoms with Gasteiger partial charge in [-0.05, 0) is 19.1 Å². The van der Waals surface area contributed by atoms with Gasteiger partial charge < -0.3 is 9.73 Å². The van der Waals surface area contributed by atoms with Crippen LogP contribution in [0.3, 0.4) is 0 Å². The lowest BCUT2D eigenvalue weighted by molar-refractivity contribution is -0.613. The van der Waals surface area contributed by atoms with Gasteiger partial charge in [0, 0.05) is 31.9 Å². The number of rotatable bonds is 4. The monoisotopic (exact) mass is 291 g/mol. The van der Waals surface area contributed by atoms with Crippen molar-refractivity contribution in [3.05, 3.63) is 59.2 Å². The molecule has 0 amide bonds. The molecule has 1 heterocycles. The molecule has 6 heteroatoms. The quantitative estimate of drug-likeness (QED) is 0.808. The van der Waals surface area contributed by atoms with Crippen molar-refractivity contribution in [1.82, 2.24) is 0 Å². The van der Waals surface area contributed by atoms with Gasteiger partial charge >= 0.3 is 0 Å². The molecule has 1 aromatic carbocycles. The average molecular weight is 291 g/mol. The summed E-state index contributed by atoms with van der Waals surface area (Å²) in [5, 5.41) is 0. The maximum atomic E-state index is 12.1. The Morgan fingerprint density at radius 1 is 1.00 bits per heavy atom. The summed E-state index contributed by atoms with van der Waals surface area (Å²) >= 11 is 0. The van der Waals surface area contributed by atoms with Crippen molar-refractivity contribution in [3.63, 3.8) is 0 Å². The molecule has 0 unspecified atom stereocenters. The summed E-state index contributed by atoms with van der Waals surface area (Å²) in [4.78, 5) is 5.88. The molecule has 20 heavy (non-hydrogen) atoms. The van der Waals surface area contributed by atoms with Gasteiger partial charge in [0.15, 0.2) is 22.4 Å². The van der Waals surface area contributed by atoms with E-state index >= 15 is 0 Å². The van der Waals surface area contributed by atoms with Gasteiger partial charge in [-0.15, -0.1) is 0 Å². The third-order valence-electron chi connectivity index (χ3n) is 2.83. The summed E-state index contributed by atoms with van der Waals surface area (Å²) in [6, 6.07) is 10.2. The first kappa shape index (κ1) is 14.3. The highest BCUT2D eigenvalue weighted by Gasteiger charge is 2.08. The highest BCUT2D eigenvalue weighted by atomic mass is 32.2. The zero-order chi connectivity index (χ0) is 14.8. The van der Waals surface area contributed by atoms with Crippen molar-refractivity contribution in [3.8, 4) is 0 Å². The summed E-state index contributed by atoms with van der Waals surface area (Å²) in [6.45, 7) is 1.91. The Bertz CT molecular complexity index is 677. The Morgan fingerprint density at radius 3 is 2.05 bits per heavy atom. The minimum Gasteiger partial charge on any atom is -0.377 e. The molecular weight excluding hydrogens is 274 g/mol. The van der Waals surface area contributed by atoms with Gasteiger partial charge in [0.1, 0.15) is 0 Å². The molecule has 0 N–H and O–H groups in total. The van der Waals surface area contributed by atoms with Crippen molar-refractivity contribution in [2.24, 2.45) is 0 Å². The molecule has 106 valence electrons. The van der Waals surface area contributed by atoms with Gasteiger partial charge in [-0.3, -0.25) is 0 Å². The van der Waals surface area contributed by atoms with Crippen LogP contribution in [-0.4, -0.2) is 22.5 Å². The molecule has 1 aromatic heterocycles. The molecule has 0 aliphatic carbocycles. The molecule has 0 saturated carbocycles. The van der Waals surface area contributed by atoms with E-state index < -0.39 is 10.0 Å². The van der Waals surface area contributed by atoms with E-state index in [1.165, 1.54) is 4.68 Å². The maximum absolute atomic E-state index is 12.1. The lowest BCUT2D eigenvalue weighted by atomic mass is 10.2. The Kier molecular flexibility index (Phi) is 3.94. The zero-order valence-corrected chi connectivity index (χ0v) is 12.5. The minimum atomic E-state index is -3.69. The van der Waals surface area contributed by atoms with Gasteiger partial charge in [-0.2, -0.15) is 0 Å². The van der Waals surface area contributed by atoms with E-state index in [0.29, 0.717) is 0 Å². The van der Waals surface area contributed by atoms with Crippen LogP contribution in [0.1, 0.15) is 5.56 Å². The molecule has 0 saturated heterocycles. The Morgan fingerprint density at radius 2 is 1.55 bits per heavy atom. The molecule has 0 aliphatic rings. The highest BCUT2D eigenvalue weighted by Crippen LogP contribution is 2.15. The normalized spacial score (nSPS) is 11.2. The van der Waals surface area contributed by atoms with Crippen LogP contribution in [0, 0.1) is 6.92 Å². The second-order valence-corrected chi connectivity index (χ2v) is 6.29. The van der Waals surface area contributed by atoms with Gasteiger partial charge in [0.25, 0.3) is 0 Å². The SMILES string of the molecule is Cc1ccc(S(=O)(=O)[N-][n+]2ccc(N(C)C)cc2)cc1. The standard InChI is InChI=1S/C14H17N3O2S/c1-12-4-6-14(7-5-12)20(18,19)15-17-10-8-13(9-11-17)16(2)3/h4-11H,1-3H3. The van der Waals surface area contributed by atoms with Crippen molar-refractivity contribution < 1.29 is 13.1 Å². The lowest BCUT2D eigenvalue weighted by Gasteiger charge is -2.16. The van der Waals surface area contributed by atoms with E-state index in [9.17, 15) is 8.42 Å². The van der Waals surface area contributed by atoms with E-state index in [4.69, 9.17) is 0 Å². The maximum Gasteiger partial charge on any atom is 0.168 e. The molecule has 2 aromatic rings. The fourth-order valence-corrected chi connectivity index (χ4v) is 2.58. The topological polar surface area (TPSA) is 55.4 Å². The zero-order valence-electron chi connectivity index (χ0n) is 11.7. The number of aromatic nitrogens is 1. The van der Waals surface area contributed by atoms with Crippen molar-refractivity contribution in [2.45, 2.75) is 11.8 Å². The number of hydrogen-bond donors (Lipinski definition) is 0. The van der Waals surface area contributed by atoms with E-state index in [0.717, 1.165) is 11.3 Å². The van der Waals surface area contributed by atoms with Crippen LogP contribution in [0.4, 0.5) is 5.69 Å². The van der Waals surface area contributed by atoms with Crippen LogP contribution in [0.15, 0.2) is 53.7 Å². The first-order valence-electron chi connectivity index (χ1n) is 6.12. The third-order valence-corrected chi connectivity index (χ3v) is 4.10. The van der Waals surface area contributed by atoms with Crippen LogP contribution in [0.5, 0.6) is 0 Å². The predicted octanol–water partition coefficient (Wildman–Crippen LogP) is 1.87. The minimum absolute atomic E-state index is 0.187. The largest absolute Gasteiger partial charge is 0.377 e. The summed E-state index contributed by atoms with van der Waals surface area (Å²) in [7, 11) is 0.144. The fraction of sp³-hybridized carbons (Fsp3) is 0.214. The number of aryl methyl sites for hydroxylation is 1. The number of sulfonamides is 1. The molecule has 2 rings (SSSR count). The molecule has 5 nitrogen and oxygen atoms in total. The van der Waals surface area contributed by atoms with Crippen molar-refractivity contribution in [1.29, 1.82) is 0 Å². The number of pyridine rings is 1. The van der Waals surface area contributed by atoms with Gasteiger partial charge in [-0.25, -0.2) is 13.1 Å². The molecular formula is C14H17N3O2S. The summed E-state index contributed by atoms with van der Waals surface area (Å²) < 4.78 is 25.6. The van der Waals surface area contributed by atoms with Gasteiger partial charge in [-0.1, -0.05) is 17.7 Å². The Labute approximate surface area is 119 Å². The molecule has 0 aliphatic heterocycles. The van der Waals surface area contributed by atoms with Crippen LogP contribution in [0.2, 0.25) is 0 Å². The molecule has 0 fully saturated rings. The van der Waals surface area contributed by atoms with E-state index in [1.54, 1.807) is 48.8 Å². The summed E-state index contributed by atoms with van der Waals surface area (Å²) in [5.74, 6) is 0. The fourth-order valence-electron chi connectivity index (χ4n) is 1.64. The Balaban J connectivity index is 2.22. The average Bonchev–Trinajstić information content (AvgIpc) is 2.39. The number of anilines is 1. The van der Waals surface area contributed by atoms with E-state index in [2.05, 4.69) is 4.83 Å². The second-order valence-electron chi connectivity index (χ2n) is 4.70. The lowest BCUT2D eigenvalue weighted by Crippen LogP contribution is -2.31. The number of benzene rings is 1. The Hall–Kier alpha value is -2.08. The van der Waals surface area contributed by atoms with Crippen LogP contribution in [-0.2, 0) is 10.0 Å². The van der Waals surface area contributed by atoms with Crippen LogP contribution >= 0.6 is 0 Å². The first-order chi connectivity index (χ1) is 9.38. The molecule has 0 radical (unpaired) electrons. The predicted molar refractivity (Wildman–Crippen MR) is 78.1 cm³/mol. The summed E-state index contributed by atoms with van der Waals surface area (Å²) in [6.07, 6.45) is 3.22. The molecule has 0 spiro atoms. The molecule has 0 atom stereocenters. The first-order valence-corrected chi connectivity index (χ1v) is 7.56. The van der Waals surface area contributed by atoms with Gasteiger partial charge in [0.2, 0.25) is 0 Å². The van der Waals surface area contributed by atoms with Crippen molar-refractivity contribution in [2.75, 3.05) is 19.0 Å². The smallest absolute Gasteiger partial charge is 0.168 e. The summed E-state index contributed by atoms with van der Waals surface area (Å²) in [5.41, 5.74) is 1.98. The second kappa shape index (κ2) is 5.50.